The van der Waals surface area contributed by atoms with E-state index in [-0.39, 0.29) is 11.5 Å². The number of rotatable bonds is 10. The summed E-state index contributed by atoms with van der Waals surface area (Å²) in [4.78, 5) is 0. The minimum Gasteiger partial charge on any atom is -0.348 e. The van der Waals surface area contributed by atoms with Crippen LogP contribution in [0.15, 0.2) is 67.3 Å². The molecule has 0 atom stereocenters. The molecule has 0 saturated carbocycles. The Kier molecular flexibility index (Phi) is 9.00. The van der Waals surface area contributed by atoms with Crippen molar-refractivity contribution in [2.24, 2.45) is 5.92 Å². The lowest BCUT2D eigenvalue weighted by Gasteiger charge is -2.29. The largest absolute Gasteiger partial charge is 0.348 e. The maximum Gasteiger partial charge on any atom is 0.186 e. The molecule has 0 aromatic heterocycles. The Morgan fingerprint density at radius 1 is 0.861 bits per heavy atom. The SMILES string of the molecule is C=CCCC1COC(c2ccc(-c3ccc(-c4ccc(CCCCC)c(F)c4F)cc3)cc2F)OC1. The summed E-state index contributed by atoms with van der Waals surface area (Å²) in [7, 11) is 0. The highest BCUT2D eigenvalue weighted by atomic mass is 19.2. The molecular weight excluding hydrogens is 461 g/mol. The van der Waals surface area contributed by atoms with Crippen LogP contribution in [-0.2, 0) is 15.9 Å². The van der Waals surface area contributed by atoms with Gasteiger partial charge in [-0.3, -0.25) is 0 Å². The number of aryl methyl sites for hydroxylation is 1. The van der Waals surface area contributed by atoms with Crippen molar-refractivity contribution in [1.82, 2.24) is 0 Å². The van der Waals surface area contributed by atoms with Gasteiger partial charge in [0.2, 0.25) is 0 Å². The molecule has 190 valence electrons. The van der Waals surface area contributed by atoms with Crippen LogP contribution in [0.25, 0.3) is 22.3 Å². The van der Waals surface area contributed by atoms with Crippen LogP contribution < -0.4 is 0 Å². The first-order valence-corrected chi connectivity index (χ1v) is 12.7. The minimum absolute atomic E-state index is 0.220. The van der Waals surface area contributed by atoms with E-state index in [0.29, 0.717) is 41.9 Å². The van der Waals surface area contributed by atoms with Crippen molar-refractivity contribution in [3.05, 3.63) is 95.8 Å². The summed E-state index contributed by atoms with van der Waals surface area (Å²) < 4.78 is 55.8. The lowest BCUT2D eigenvalue weighted by atomic mass is 9.97. The molecule has 1 fully saturated rings. The molecule has 0 radical (unpaired) electrons. The summed E-state index contributed by atoms with van der Waals surface area (Å²) in [6, 6.07) is 15.3. The van der Waals surface area contributed by atoms with E-state index in [1.165, 1.54) is 6.07 Å². The normalized spacial score (nSPS) is 17.8. The molecule has 0 amide bonds. The molecule has 0 spiro atoms. The summed E-state index contributed by atoms with van der Waals surface area (Å²) in [6.07, 6.45) is 6.38. The van der Waals surface area contributed by atoms with Crippen molar-refractivity contribution < 1.29 is 22.6 Å². The van der Waals surface area contributed by atoms with Crippen molar-refractivity contribution in [2.45, 2.75) is 51.7 Å². The Balaban J connectivity index is 1.45. The van der Waals surface area contributed by atoms with E-state index in [1.54, 1.807) is 42.5 Å². The van der Waals surface area contributed by atoms with E-state index in [4.69, 9.17) is 9.47 Å². The van der Waals surface area contributed by atoms with Gasteiger partial charge in [-0.25, -0.2) is 13.2 Å². The third-order valence-corrected chi connectivity index (χ3v) is 6.74. The molecule has 3 aromatic rings. The van der Waals surface area contributed by atoms with Gasteiger partial charge in [-0.05, 0) is 54.0 Å². The molecule has 1 saturated heterocycles. The van der Waals surface area contributed by atoms with Crippen LogP contribution in [0.3, 0.4) is 0 Å². The maximum absolute atomic E-state index is 14.9. The second-order valence-electron chi connectivity index (χ2n) is 9.40. The van der Waals surface area contributed by atoms with Crippen molar-refractivity contribution in [1.29, 1.82) is 0 Å². The molecule has 1 aliphatic rings. The average molecular weight is 495 g/mol. The van der Waals surface area contributed by atoms with Gasteiger partial charge in [-0.15, -0.1) is 6.58 Å². The van der Waals surface area contributed by atoms with Gasteiger partial charge in [0.15, 0.2) is 17.9 Å². The lowest BCUT2D eigenvalue weighted by Crippen LogP contribution is -2.27. The van der Waals surface area contributed by atoms with Crippen LogP contribution in [0.5, 0.6) is 0 Å². The molecule has 4 rings (SSSR count). The van der Waals surface area contributed by atoms with Crippen LogP contribution in [0.4, 0.5) is 13.2 Å². The first-order chi connectivity index (χ1) is 17.5. The van der Waals surface area contributed by atoms with E-state index >= 15 is 0 Å². The van der Waals surface area contributed by atoms with Crippen molar-refractivity contribution in [2.75, 3.05) is 13.2 Å². The first kappa shape index (κ1) is 26.2. The Labute approximate surface area is 211 Å². The highest BCUT2D eigenvalue weighted by molar-refractivity contribution is 5.71. The standard InChI is InChI=1S/C31H33F3O2/c1-3-5-7-9-24-14-16-26(30(34)29(24)33)23-12-10-22(11-13-23)25-15-17-27(28(32)18-25)31-35-19-21(20-36-31)8-6-4-2/h4,10-18,21,31H,2-3,5-9,19-20H2,1H3. The van der Waals surface area contributed by atoms with E-state index in [9.17, 15) is 13.2 Å². The summed E-state index contributed by atoms with van der Waals surface area (Å²) in [5.74, 6) is -1.72. The number of allylic oxidation sites excluding steroid dienone is 1. The van der Waals surface area contributed by atoms with Crippen molar-refractivity contribution in [3.8, 4) is 22.3 Å². The fourth-order valence-electron chi connectivity index (χ4n) is 4.55. The molecule has 2 nitrogen and oxygen atoms in total. The Morgan fingerprint density at radius 2 is 1.56 bits per heavy atom. The van der Waals surface area contributed by atoms with Gasteiger partial charge in [0.1, 0.15) is 5.82 Å². The molecule has 0 bridgehead atoms. The van der Waals surface area contributed by atoms with Gasteiger partial charge >= 0.3 is 0 Å². The molecular formula is C31H33F3O2. The quantitative estimate of drug-likeness (QED) is 0.207. The van der Waals surface area contributed by atoms with Crippen molar-refractivity contribution in [3.63, 3.8) is 0 Å². The lowest BCUT2D eigenvalue weighted by molar-refractivity contribution is -0.207. The fourth-order valence-corrected chi connectivity index (χ4v) is 4.55. The smallest absolute Gasteiger partial charge is 0.186 e. The van der Waals surface area contributed by atoms with Crippen LogP contribution in [-0.4, -0.2) is 13.2 Å². The second kappa shape index (κ2) is 12.4. The second-order valence-corrected chi connectivity index (χ2v) is 9.40. The van der Waals surface area contributed by atoms with Gasteiger partial charge in [-0.1, -0.05) is 74.4 Å². The Morgan fingerprint density at radius 3 is 2.22 bits per heavy atom. The van der Waals surface area contributed by atoms with Gasteiger partial charge < -0.3 is 9.47 Å². The zero-order valence-corrected chi connectivity index (χ0v) is 20.7. The molecule has 0 aliphatic carbocycles. The zero-order chi connectivity index (χ0) is 25.5. The average Bonchev–Trinajstić information content (AvgIpc) is 2.90. The third-order valence-electron chi connectivity index (χ3n) is 6.74. The highest BCUT2D eigenvalue weighted by Crippen LogP contribution is 2.33. The number of hydrogen-bond donors (Lipinski definition) is 0. The maximum atomic E-state index is 14.9. The Hall–Kier alpha value is -2.89. The number of ether oxygens (including phenoxy) is 2. The van der Waals surface area contributed by atoms with E-state index < -0.39 is 23.7 Å². The van der Waals surface area contributed by atoms with E-state index in [2.05, 4.69) is 13.5 Å². The monoisotopic (exact) mass is 494 g/mol. The minimum atomic E-state index is -0.827. The molecule has 3 aromatic carbocycles. The third kappa shape index (κ3) is 6.08. The van der Waals surface area contributed by atoms with Crippen molar-refractivity contribution >= 4 is 0 Å². The van der Waals surface area contributed by atoms with Gasteiger partial charge in [0.25, 0.3) is 0 Å². The number of benzene rings is 3. The number of unbranched alkanes of at least 4 members (excludes halogenated alkanes) is 2. The number of hydrogen-bond acceptors (Lipinski definition) is 2. The van der Waals surface area contributed by atoms with E-state index in [0.717, 1.165) is 37.7 Å². The van der Waals surface area contributed by atoms with Crippen LogP contribution in [0.1, 0.15) is 56.4 Å². The van der Waals surface area contributed by atoms with Crippen LogP contribution >= 0.6 is 0 Å². The van der Waals surface area contributed by atoms with E-state index in [1.807, 2.05) is 12.1 Å². The summed E-state index contributed by atoms with van der Waals surface area (Å²) >= 11 is 0. The predicted octanol–water partition coefficient (Wildman–Crippen LogP) is 8.80. The fraction of sp³-hybridized carbons (Fsp3) is 0.355. The zero-order valence-electron chi connectivity index (χ0n) is 20.7. The van der Waals surface area contributed by atoms with Gasteiger partial charge in [0.05, 0.1) is 13.2 Å². The molecule has 0 N–H and O–H groups in total. The summed E-state index contributed by atoms with van der Waals surface area (Å²) in [5.41, 5.74) is 3.03. The summed E-state index contributed by atoms with van der Waals surface area (Å²) in [5, 5.41) is 0. The van der Waals surface area contributed by atoms with Gasteiger partial charge in [-0.2, -0.15) is 0 Å². The first-order valence-electron chi connectivity index (χ1n) is 12.7. The summed E-state index contributed by atoms with van der Waals surface area (Å²) in [6.45, 7) is 6.86. The van der Waals surface area contributed by atoms with Crippen LogP contribution in [0, 0.1) is 23.4 Å². The number of halogens is 3. The molecule has 5 heteroatoms. The van der Waals surface area contributed by atoms with Crippen LogP contribution in [0.2, 0.25) is 0 Å². The Bertz CT molecular complexity index is 1170. The molecule has 1 heterocycles. The topological polar surface area (TPSA) is 18.5 Å². The molecule has 0 unspecified atom stereocenters. The predicted molar refractivity (Wildman–Crippen MR) is 138 cm³/mol. The van der Waals surface area contributed by atoms with Gasteiger partial charge in [0, 0.05) is 17.0 Å². The molecule has 1 aliphatic heterocycles. The molecule has 36 heavy (non-hydrogen) atoms. The highest BCUT2D eigenvalue weighted by Gasteiger charge is 2.25.